The lowest BCUT2D eigenvalue weighted by Crippen LogP contribution is -2.25. The van der Waals surface area contributed by atoms with Crippen LogP contribution in [0.15, 0.2) is 18.2 Å². The predicted molar refractivity (Wildman–Crippen MR) is 88.5 cm³/mol. The molecule has 1 aliphatic rings. The highest BCUT2D eigenvalue weighted by atomic mass is 35.5. The molecule has 0 heterocycles. The van der Waals surface area contributed by atoms with Gasteiger partial charge >= 0.3 is 0 Å². The lowest BCUT2D eigenvalue weighted by molar-refractivity contribution is 0.552. The van der Waals surface area contributed by atoms with Crippen LogP contribution in [0.3, 0.4) is 0 Å². The van der Waals surface area contributed by atoms with E-state index >= 15 is 0 Å². The maximum absolute atomic E-state index is 6.40. The van der Waals surface area contributed by atoms with Crippen molar-refractivity contribution >= 4 is 17.3 Å². The summed E-state index contributed by atoms with van der Waals surface area (Å²) in [4.78, 5) is 2.37. The number of hydrogen-bond acceptors (Lipinski definition) is 2. The Morgan fingerprint density at radius 3 is 2.70 bits per heavy atom. The third kappa shape index (κ3) is 4.13. The van der Waals surface area contributed by atoms with Crippen molar-refractivity contribution in [3.63, 3.8) is 0 Å². The van der Waals surface area contributed by atoms with E-state index in [2.05, 4.69) is 50.2 Å². The van der Waals surface area contributed by atoms with Crippen molar-refractivity contribution < 1.29 is 0 Å². The molecular formula is C17H27ClN2. The number of rotatable bonds is 7. The van der Waals surface area contributed by atoms with E-state index in [4.69, 9.17) is 11.6 Å². The third-order valence-electron chi connectivity index (χ3n) is 4.14. The van der Waals surface area contributed by atoms with E-state index in [1.165, 1.54) is 17.7 Å². The molecule has 0 aliphatic heterocycles. The molecule has 1 aliphatic carbocycles. The summed E-state index contributed by atoms with van der Waals surface area (Å²) in [6.07, 6.45) is 1.37. The van der Waals surface area contributed by atoms with Gasteiger partial charge in [-0.2, -0.15) is 0 Å². The topological polar surface area (TPSA) is 15.3 Å². The zero-order valence-corrected chi connectivity index (χ0v) is 13.9. The third-order valence-corrected chi connectivity index (χ3v) is 4.50. The molecule has 1 aromatic rings. The van der Waals surface area contributed by atoms with Gasteiger partial charge in [-0.25, -0.2) is 0 Å². The normalized spacial score (nSPS) is 21.3. The number of benzene rings is 1. The van der Waals surface area contributed by atoms with Crippen molar-refractivity contribution in [2.45, 2.75) is 33.7 Å². The molecule has 2 unspecified atom stereocenters. The first kappa shape index (κ1) is 15.7. The van der Waals surface area contributed by atoms with Crippen LogP contribution < -0.4 is 10.2 Å². The Bertz CT molecular complexity index is 445. The predicted octanol–water partition coefficient (Wildman–Crippen LogP) is 4.18. The molecule has 0 bridgehead atoms. The monoisotopic (exact) mass is 294 g/mol. The fourth-order valence-electron chi connectivity index (χ4n) is 2.67. The van der Waals surface area contributed by atoms with Gasteiger partial charge in [0.25, 0.3) is 0 Å². The zero-order chi connectivity index (χ0) is 14.7. The molecule has 1 saturated carbocycles. The summed E-state index contributed by atoms with van der Waals surface area (Å²) in [6, 6.07) is 6.23. The van der Waals surface area contributed by atoms with E-state index in [0.717, 1.165) is 36.5 Å². The summed E-state index contributed by atoms with van der Waals surface area (Å²) in [6.45, 7) is 9.79. The average molecular weight is 295 g/mol. The first-order valence-electron chi connectivity index (χ1n) is 7.68. The molecule has 0 amide bonds. The molecule has 3 heteroatoms. The number of anilines is 1. The highest BCUT2D eigenvalue weighted by molar-refractivity contribution is 6.31. The summed E-state index contributed by atoms with van der Waals surface area (Å²) in [5, 5.41) is 4.37. The van der Waals surface area contributed by atoms with Crippen molar-refractivity contribution in [1.82, 2.24) is 5.32 Å². The summed E-state index contributed by atoms with van der Waals surface area (Å²) in [5.74, 6) is 2.40. The van der Waals surface area contributed by atoms with E-state index in [1.807, 2.05) is 6.07 Å². The smallest absolute Gasteiger partial charge is 0.0471 e. The van der Waals surface area contributed by atoms with Crippen LogP contribution >= 0.6 is 11.6 Å². The maximum atomic E-state index is 6.40. The Hall–Kier alpha value is -0.730. The van der Waals surface area contributed by atoms with E-state index in [1.54, 1.807) is 0 Å². The molecule has 1 aromatic carbocycles. The number of nitrogens with zero attached hydrogens (tertiary/aromatic N) is 1. The van der Waals surface area contributed by atoms with Gasteiger partial charge in [0.1, 0.15) is 0 Å². The van der Waals surface area contributed by atoms with Gasteiger partial charge in [-0.3, -0.25) is 0 Å². The summed E-state index contributed by atoms with van der Waals surface area (Å²) < 4.78 is 0. The van der Waals surface area contributed by atoms with Gasteiger partial charge in [0.2, 0.25) is 0 Å². The van der Waals surface area contributed by atoms with Crippen LogP contribution in [0, 0.1) is 17.8 Å². The van der Waals surface area contributed by atoms with E-state index in [-0.39, 0.29) is 0 Å². The van der Waals surface area contributed by atoms with Gasteiger partial charge in [0, 0.05) is 36.4 Å². The van der Waals surface area contributed by atoms with Crippen LogP contribution in [0.4, 0.5) is 5.69 Å². The molecule has 0 radical (unpaired) electrons. The van der Waals surface area contributed by atoms with Gasteiger partial charge in [-0.05, 0) is 42.9 Å². The molecule has 2 nitrogen and oxygen atoms in total. The lowest BCUT2D eigenvalue weighted by Gasteiger charge is -2.24. The molecule has 20 heavy (non-hydrogen) atoms. The van der Waals surface area contributed by atoms with E-state index in [9.17, 15) is 0 Å². The van der Waals surface area contributed by atoms with E-state index < -0.39 is 0 Å². The van der Waals surface area contributed by atoms with Crippen LogP contribution in [0.2, 0.25) is 5.02 Å². The SMILES string of the molecule is CC(C)CNCc1c(Cl)cccc1N(C)CC1CC1C. The summed E-state index contributed by atoms with van der Waals surface area (Å²) in [5.41, 5.74) is 2.50. The zero-order valence-electron chi connectivity index (χ0n) is 13.1. The van der Waals surface area contributed by atoms with Crippen LogP contribution in [0.25, 0.3) is 0 Å². The second kappa shape index (κ2) is 6.82. The average Bonchev–Trinajstić information content (AvgIpc) is 3.06. The fourth-order valence-corrected chi connectivity index (χ4v) is 2.91. The summed E-state index contributed by atoms with van der Waals surface area (Å²) >= 11 is 6.40. The second-order valence-corrected chi connectivity index (χ2v) is 7.02. The lowest BCUT2D eigenvalue weighted by atomic mass is 10.1. The van der Waals surface area contributed by atoms with Crippen molar-refractivity contribution in [2.24, 2.45) is 17.8 Å². The van der Waals surface area contributed by atoms with Gasteiger partial charge in [0.15, 0.2) is 0 Å². The van der Waals surface area contributed by atoms with Crippen LogP contribution in [-0.2, 0) is 6.54 Å². The number of hydrogen-bond donors (Lipinski definition) is 1. The minimum atomic E-state index is 0.658. The Balaban J connectivity index is 2.04. The van der Waals surface area contributed by atoms with E-state index in [0.29, 0.717) is 5.92 Å². The first-order chi connectivity index (χ1) is 9.49. The van der Waals surface area contributed by atoms with Crippen molar-refractivity contribution in [2.75, 3.05) is 25.0 Å². The van der Waals surface area contributed by atoms with Gasteiger partial charge in [-0.1, -0.05) is 38.4 Å². The largest absolute Gasteiger partial charge is 0.374 e. The molecule has 0 aromatic heterocycles. The Morgan fingerprint density at radius 2 is 2.10 bits per heavy atom. The molecule has 0 spiro atoms. The molecule has 2 atom stereocenters. The van der Waals surface area contributed by atoms with Crippen molar-refractivity contribution in [3.05, 3.63) is 28.8 Å². The molecule has 1 fully saturated rings. The van der Waals surface area contributed by atoms with Gasteiger partial charge in [0.05, 0.1) is 0 Å². The molecule has 0 saturated heterocycles. The van der Waals surface area contributed by atoms with Crippen LogP contribution in [0.5, 0.6) is 0 Å². The minimum absolute atomic E-state index is 0.658. The van der Waals surface area contributed by atoms with Crippen molar-refractivity contribution in [1.29, 1.82) is 0 Å². The molecule has 1 N–H and O–H groups in total. The minimum Gasteiger partial charge on any atom is -0.374 e. The molecule has 2 rings (SSSR count). The highest BCUT2D eigenvalue weighted by Crippen LogP contribution is 2.39. The Morgan fingerprint density at radius 1 is 1.40 bits per heavy atom. The van der Waals surface area contributed by atoms with Gasteiger partial charge < -0.3 is 10.2 Å². The van der Waals surface area contributed by atoms with Crippen LogP contribution in [-0.4, -0.2) is 20.1 Å². The van der Waals surface area contributed by atoms with Crippen molar-refractivity contribution in [3.8, 4) is 0 Å². The fraction of sp³-hybridized carbons (Fsp3) is 0.647. The quantitative estimate of drug-likeness (QED) is 0.811. The standard InChI is InChI=1S/C17H27ClN2/c1-12(2)9-19-10-15-16(18)6-5-7-17(15)20(4)11-14-8-13(14)3/h5-7,12-14,19H,8-11H2,1-4H3. The maximum Gasteiger partial charge on any atom is 0.0471 e. The molecular weight excluding hydrogens is 268 g/mol. The van der Waals surface area contributed by atoms with Crippen LogP contribution in [0.1, 0.15) is 32.8 Å². The first-order valence-corrected chi connectivity index (χ1v) is 8.06. The highest BCUT2D eigenvalue weighted by Gasteiger charge is 2.33. The molecule has 112 valence electrons. The van der Waals surface area contributed by atoms with Gasteiger partial charge in [-0.15, -0.1) is 0 Å². The Labute approximate surface area is 128 Å². The number of nitrogens with one attached hydrogen (secondary N) is 1. The Kier molecular flexibility index (Phi) is 5.34. The summed E-state index contributed by atoms with van der Waals surface area (Å²) in [7, 11) is 2.18. The number of halogens is 1. The second-order valence-electron chi connectivity index (χ2n) is 6.62.